The minimum atomic E-state index is -0.455. The second kappa shape index (κ2) is 4.36. The summed E-state index contributed by atoms with van der Waals surface area (Å²) in [5.41, 5.74) is 0. The van der Waals surface area contributed by atoms with E-state index in [1.54, 1.807) is 0 Å². The molecule has 3 atom stereocenters. The highest BCUT2D eigenvalue weighted by molar-refractivity contribution is 5.39. The quantitative estimate of drug-likeness (QED) is 0.685. The number of hydrogen-bond donors (Lipinski definition) is 0. The molecule has 0 saturated carbocycles. The maximum absolute atomic E-state index is 13.1. The Labute approximate surface area is 95.7 Å². The number of nitrogens with zero attached hydrogens (tertiary/aromatic N) is 3. The van der Waals surface area contributed by atoms with E-state index in [9.17, 15) is 4.39 Å². The second-order valence-electron chi connectivity index (χ2n) is 4.91. The van der Waals surface area contributed by atoms with E-state index in [1.807, 2.05) is 0 Å². The van der Waals surface area contributed by atoms with Gasteiger partial charge in [0.2, 0.25) is 5.95 Å². The third kappa shape index (κ3) is 2.15. The van der Waals surface area contributed by atoms with Gasteiger partial charge in [0, 0.05) is 18.7 Å². The number of aromatic nitrogens is 2. The Morgan fingerprint density at radius 3 is 2.75 bits per heavy atom. The van der Waals surface area contributed by atoms with E-state index < -0.39 is 5.95 Å². The Balaban J connectivity index is 2.25. The molecule has 0 spiro atoms. The molecular formula is C12H18FN3. The van der Waals surface area contributed by atoms with Crippen molar-refractivity contribution >= 4 is 5.82 Å². The number of rotatable bonds is 1. The number of hydrogen-bond acceptors (Lipinski definition) is 3. The molecule has 2 rings (SSSR count). The number of halogens is 1. The van der Waals surface area contributed by atoms with Gasteiger partial charge in [-0.25, -0.2) is 9.97 Å². The van der Waals surface area contributed by atoms with Crippen LogP contribution in [0.15, 0.2) is 12.4 Å². The Morgan fingerprint density at radius 1 is 1.31 bits per heavy atom. The molecule has 1 aliphatic heterocycles. The highest BCUT2D eigenvalue weighted by atomic mass is 19.1. The van der Waals surface area contributed by atoms with Crippen LogP contribution >= 0.6 is 0 Å². The van der Waals surface area contributed by atoms with Crippen molar-refractivity contribution in [1.82, 2.24) is 9.97 Å². The molecule has 3 unspecified atom stereocenters. The second-order valence-corrected chi connectivity index (χ2v) is 4.91. The molecule has 1 saturated heterocycles. The average Bonchev–Trinajstić information content (AvgIpc) is 2.23. The van der Waals surface area contributed by atoms with Gasteiger partial charge in [-0.2, -0.15) is 4.39 Å². The van der Waals surface area contributed by atoms with Crippen molar-refractivity contribution in [2.24, 2.45) is 11.8 Å². The summed E-state index contributed by atoms with van der Waals surface area (Å²) in [6.07, 6.45) is 2.52. The van der Waals surface area contributed by atoms with Gasteiger partial charge in [0.15, 0.2) is 0 Å². The van der Waals surface area contributed by atoms with Crippen LogP contribution in [-0.2, 0) is 0 Å². The zero-order valence-electron chi connectivity index (χ0n) is 10.0. The first-order chi connectivity index (χ1) is 7.58. The third-order valence-electron chi connectivity index (χ3n) is 3.51. The van der Waals surface area contributed by atoms with Gasteiger partial charge in [-0.15, -0.1) is 0 Å². The zero-order valence-corrected chi connectivity index (χ0v) is 10.0. The molecule has 0 radical (unpaired) electrons. The van der Waals surface area contributed by atoms with Crippen LogP contribution in [0.4, 0.5) is 10.2 Å². The molecule has 1 aromatic heterocycles. The summed E-state index contributed by atoms with van der Waals surface area (Å²) >= 11 is 0. The lowest BCUT2D eigenvalue weighted by Gasteiger charge is -2.41. The monoisotopic (exact) mass is 223 g/mol. The van der Waals surface area contributed by atoms with Gasteiger partial charge in [0.25, 0.3) is 0 Å². The molecule has 16 heavy (non-hydrogen) atoms. The van der Waals surface area contributed by atoms with Gasteiger partial charge < -0.3 is 4.90 Å². The number of anilines is 1. The van der Waals surface area contributed by atoms with Gasteiger partial charge >= 0.3 is 0 Å². The minimum Gasteiger partial charge on any atom is -0.353 e. The summed E-state index contributed by atoms with van der Waals surface area (Å²) in [6.45, 7) is 7.59. The summed E-state index contributed by atoms with van der Waals surface area (Å²) in [5.74, 6) is 1.49. The molecule has 1 aliphatic rings. The van der Waals surface area contributed by atoms with Gasteiger partial charge in [0.1, 0.15) is 12.1 Å². The highest BCUT2D eigenvalue weighted by Gasteiger charge is 2.29. The van der Waals surface area contributed by atoms with Crippen LogP contribution in [0.1, 0.15) is 27.2 Å². The first-order valence-electron chi connectivity index (χ1n) is 5.82. The Kier molecular flexibility index (Phi) is 3.08. The summed E-state index contributed by atoms with van der Waals surface area (Å²) in [7, 11) is 0. The predicted molar refractivity (Wildman–Crippen MR) is 61.7 cm³/mol. The van der Waals surface area contributed by atoms with Gasteiger partial charge in [-0.3, -0.25) is 0 Å². The molecule has 3 nitrogen and oxygen atoms in total. The normalized spacial score (nSPS) is 30.5. The Hall–Kier alpha value is -1.19. The summed E-state index contributed by atoms with van der Waals surface area (Å²) < 4.78 is 13.1. The minimum absolute atomic E-state index is 0.408. The van der Waals surface area contributed by atoms with Crippen LogP contribution in [0.2, 0.25) is 0 Å². The van der Waals surface area contributed by atoms with Crippen LogP contribution in [0.3, 0.4) is 0 Å². The van der Waals surface area contributed by atoms with Crippen LogP contribution in [0, 0.1) is 17.8 Å². The molecule has 4 heteroatoms. The van der Waals surface area contributed by atoms with E-state index >= 15 is 0 Å². The van der Waals surface area contributed by atoms with Crippen molar-refractivity contribution in [3.05, 3.63) is 18.3 Å². The van der Waals surface area contributed by atoms with Crippen LogP contribution in [0.5, 0.6) is 0 Å². The average molecular weight is 223 g/mol. The van der Waals surface area contributed by atoms with Crippen LogP contribution < -0.4 is 4.90 Å². The van der Waals surface area contributed by atoms with E-state index in [2.05, 4.69) is 35.6 Å². The third-order valence-corrected chi connectivity index (χ3v) is 3.51. The predicted octanol–water partition coefficient (Wildman–Crippen LogP) is 2.49. The Morgan fingerprint density at radius 2 is 2.06 bits per heavy atom. The molecule has 0 amide bonds. The first kappa shape index (κ1) is 11.3. The fraction of sp³-hybridized carbons (Fsp3) is 0.667. The van der Waals surface area contributed by atoms with E-state index in [0.29, 0.717) is 23.7 Å². The van der Waals surface area contributed by atoms with Gasteiger partial charge in [-0.05, 0) is 25.2 Å². The lowest BCUT2D eigenvalue weighted by molar-refractivity contribution is 0.295. The highest BCUT2D eigenvalue weighted by Crippen LogP contribution is 2.29. The zero-order chi connectivity index (χ0) is 11.7. The van der Waals surface area contributed by atoms with E-state index in [1.165, 1.54) is 18.8 Å². The first-order valence-corrected chi connectivity index (χ1v) is 5.82. The summed E-state index contributed by atoms with van der Waals surface area (Å²) in [5, 5.41) is 0. The molecule has 0 bridgehead atoms. The molecule has 2 heterocycles. The molecule has 0 aromatic carbocycles. The van der Waals surface area contributed by atoms with Crippen LogP contribution in [0.25, 0.3) is 0 Å². The maximum atomic E-state index is 13.1. The maximum Gasteiger partial charge on any atom is 0.218 e. The SMILES string of the molecule is CC1CC(C)C(C)N(c2cc(F)ncn2)C1. The lowest BCUT2D eigenvalue weighted by atomic mass is 9.86. The molecule has 1 aromatic rings. The van der Waals surface area contributed by atoms with E-state index in [-0.39, 0.29) is 0 Å². The van der Waals surface area contributed by atoms with Crippen molar-refractivity contribution in [3.63, 3.8) is 0 Å². The van der Waals surface area contributed by atoms with Gasteiger partial charge in [-0.1, -0.05) is 13.8 Å². The topological polar surface area (TPSA) is 29.0 Å². The van der Waals surface area contributed by atoms with E-state index in [0.717, 1.165) is 6.54 Å². The standard InChI is InChI=1S/C12H18FN3/c1-8-4-9(2)10(3)16(6-8)12-5-11(13)14-7-15-12/h5,7-10H,4,6H2,1-3H3. The smallest absolute Gasteiger partial charge is 0.218 e. The summed E-state index contributed by atoms with van der Waals surface area (Å²) in [4.78, 5) is 9.83. The molecule has 0 N–H and O–H groups in total. The van der Waals surface area contributed by atoms with Crippen molar-refractivity contribution < 1.29 is 4.39 Å². The molecule has 1 fully saturated rings. The Bertz CT molecular complexity index is 369. The van der Waals surface area contributed by atoms with Crippen molar-refractivity contribution in [3.8, 4) is 0 Å². The molecule has 0 aliphatic carbocycles. The fourth-order valence-electron chi connectivity index (χ4n) is 2.50. The van der Waals surface area contributed by atoms with Crippen LogP contribution in [-0.4, -0.2) is 22.6 Å². The van der Waals surface area contributed by atoms with Gasteiger partial charge in [0.05, 0.1) is 0 Å². The van der Waals surface area contributed by atoms with E-state index in [4.69, 9.17) is 0 Å². The largest absolute Gasteiger partial charge is 0.353 e. The molecular weight excluding hydrogens is 205 g/mol. The van der Waals surface area contributed by atoms with Crippen molar-refractivity contribution in [2.75, 3.05) is 11.4 Å². The number of piperidine rings is 1. The van der Waals surface area contributed by atoms with Crippen molar-refractivity contribution in [1.29, 1.82) is 0 Å². The lowest BCUT2D eigenvalue weighted by Crippen LogP contribution is -2.46. The molecule has 88 valence electrons. The summed E-state index contributed by atoms with van der Waals surface area (Å²) in [6, 6.07) is 1.83. The van der Waals surface area contributed by atoms with Crippen molar-refractivity contribution in [2.45, 2.75) is 33.2 Å². The fourth-order valence-corrected chi connectivity index (χ4v) is 2.50.